The summed E-state index contributed by atoms with van der Waals surface area (Å²) in [5.74, 6) is 0. The number of fused-ring (bicyclic) bond motifs is 14. The van der Waals surface area contributed by atoms with Crippen LogP contribution < -0.4 is 0 Å². The Hall–Kier alpha value is -4.31. The van der Waals surface area contributed by atoms with Gasteiger partial charge in [-0.15, -0.1) is 0 Å². The first-order valence-electron chi connectivity index (χ1n) is 10.3. The minimum Gasteiger partial charge on any atom is -0.455 e. The Labute approximate surface area is 174 Å². The maximum atomic E-state index is 6.51. The Morgan fingerprint density at radius 1 is 0.581 bits per heavy atom. The van der Waals surface area contributed by atoms with E-state index in [1.54, 1.807) is 0 Å². The number of rotatable bonds is 0. The molecule has 0 N–H and O–H groups in total. The first-order valence-corrected chi connectivity index (χ1v) is 10.3. The van der Waals surface area contributed by atoms with E-state index in [2.05, 4.69) is 64.0 Å². The molecule has 0 aliphatic rings. The van der Waals surface area contributed by atoms with Crippen molar-refractivity contribution in [1.82, 2.24) is 9.38 Å². The molecular weight excluding hydrogens is 384 g/mol. The second-order valence-corrected chi connectivity index (χ2v) is 8.02. The molecule has 0 fully saturated rings. The highest BCUT2D eigenvalue weighted by Crippen LogP contribution is 2.42. The highest BCUT2D eigenvalue weighted by molar-refractivity contribution is 6.28. The SMILES string of the molecule is c1ccc2c(c1)oc1c2ccc2oc3c(ccc4c3c3ccccc3c3nccn43)c21. The molecule has 144 valence electrons. The number of nitrogens with zero attached hydrogens (tertiary/aromatic N) is 2. The second-order valence-electron chi connectivity index (χ2n) is 8.02. The van der Waals surface area contributed by atoms with Crippen molar-refractivity contribution in [2.75, 3.05) is 0 Å². The smallest absolute Gasteiger partial charge is 0.147 e. The van der Waals surface area contributed by atoms with Crippen LogP contribution in [0.1, 0.15) is 0 Å². The van der Waals surface area contributed by atoms with Crippen LogP contribution >= 0.6 is 0 Å². The Balaban J connectivity index is 1.67. The minimum atomic E-state index is 0.837. The Morgan fingerprint density at radius 3 is 2.26 bits per heavy atom. The Bertz CT molecular complexity index is 2000. The van der Waals surface area contributed by atoms with Crippen LogP contribution in [-0.4, -0.2) is 9.38 Å². The van der Waals surface area contributed by atoms with E-state index in [9.17, 15) is 0 Å². The van der Waals surface area contributed by atoms with E-state index in [0.29, 0.717) is 0 Å². The first kappa shape index (κ1) is 15.5. The van der Waals surface area contributed by atoms with Gasteiger partial charge < -0.3 is 8.83 Å². The summed E-state index contributed by atoms with van der Waals surface area (Å²) in [5, 5.41) is 7.68. The summed E-state index contributed by atoms with van der Waals surface area (Å²) in [6.45, 7) is 0. The molecule has 8 aromatic rings. The topological polar surface area (TPSA) is 43.6 Å². The van der Waals surface area contributed by atoms with Crippen molar-refractivity contribution >= 4 is 71.2 Å². The largest absolute Gasteiger partial charge is 0.455 e. The van der Waals surface area contributed by atoms with Crippen molar-refractivity contribution in [2.45, 2.75) is 0 Å². The van der Waals surface area contributed by atoms with Gasteiger partial charge in [0.15, 0.2) is 0 Å². The molecule has 0 atom stereocenters. The van der Waals surface area contributed by atoms with Crippen LogP contribution in [0.15, 0.2) is 94.0 Å². The van der Waals surface area contributed by atoms with Crippen LogP contribution in [-0.2, 0) is 0 Å². The molecule has 0 spiro atoms. The molecule has 31 heavy (non-hydrogen) atoms. The van der Waals surface area contributed by atoms with Crippen LogP contribution in [0.3, 0.4) is 0 Å². The Morgan fingerprint density at radius 2 is 1.32 bits per heavy atom. The number of hydrogen-bond acceptors (Lipinski definition) is 3. The van der Waals surface area contributed by atoms with E-state index in [1.165, 1.54) is 0 Å². The highest BCUT2D eigenvalue weighted by Gasteiger charge is 2.19. The standard InChI is InChI=1S/C27H14N2O2/c1-2-7-18-16(6-1)23-20(29-14-13-28-27(18)29)11-9-19-24-22(31-26(19)23)12-10-17-15-5-3-4-8-21(15)30-25(17)24/h1-14H. The molecule has 0 unspecified atom stereocenters. The molecular formula is C27H14N2O2. The summed E-state index contributed by atoms with van der Waals surface area (Å²) in [6.07, 6.45) is 3.86. The van der Waals surface area contributed by atoms with E-state index >= 15 is 0 Å². The number of aromatic nitrogens is 2. The third kappa shape index (κ3) is 1.79. The third-order valence-electron chi connectivity index (χ3n) is 6.46. The predicted octanol–water partition coefficient (Wildman–Crippen LogP) is 7.44. The van der Waals surface area contributed by atoms with E-state index < -0.39 is 0 Å². The van der Waals surface area contributed by atoms with Crippen molar-refractivity contribution in [3.05, 3.63) is 85.2 Å². The molecule has 4 aromatic heterocycles. The van der Waals surface area contributed by atoms with E-state index in [0.717, 1.165) is 71.2 Å². The number of pyridine rings is 1. The molecule has 4 nitrogen and oxygen atoms in total. The zero-order valence-electron chi connectivity index (χ0n) is 16.3. The molecule has 0 amide bonds. The molecule has 0 aliphatic heterocycles. The molecule has 4 heteroatoms. The quantitative estimate of drug-likeness (QED) is 0.249. The van der Waals surface area contributed by atoms with Gasteiger partial charge in [0.1, 0.15) is 28.0 Å². The fourth-order valence-corrected chi connectivity index (χ4v) is 5.15. The first-order chi connectivity index (χ1) is 15.4. The summed E-state index contributed by atoms with van der Waals surface area (Å²) >= 11 is 0. The summed E-state index contributed by atoms with van der Waals surface area (Å²) in [5.41, 5.74) is 5.53. The lowest BCUT2D eigenvalue weighted by atomic mass is 10.0. The number of benzene rings is 4. The molecule has 8 rings (SSSR count). The van der Waals surface area contributed by atoms with Crippen molar-refractivity contribution < 1.29 is 8.83 Å². The van der Waals surface area contributed by atoms with Gasteiger partial charge in [-0.2, -0.15) is 0 Å². The fraction of sp³-hybridized carbons (Fsp3) is 0. The zero-order chi connectivity index (χ0) is 20.1. The van der Waals surface area contributed by atoms with Crippen LogP contribution in [0, 0.1) is 0 Å². The second kappa shape index (κ2) is 5.24. The van der Waals surface area contributed by atoms with E-state index in [4.69, 9.17) is 8.83 Å². The molecule has 4 heterocycles. The summed E-state index contributed by atoms with van der Waals surface area (Å²) in [7, 11) is 0. The average molecular weight is 398 g/mol. The van der Waals surface area contributed by atoms with Crippen molar-refractivity contribution in [2.24, 2.45) is 0 Å². The zero-order valence-corrected chi connectivity index (χ0v) is 16.3. The van der Waals surface area contributed by atoms with E-state index in [1.807, 2.05) is 30.6 Å². The lowest BCUT2D eigenvalue weighted by molar-refractivity contribution is 0.665. The van der Waals surface area contributed by atoms with Crippen molar-refractivity contribution in [3.8, 4) is 0 Å². The van der Waals surface area contributed by atoms with Crippen LogP contribution in [0.4, 0.5) is 0 Å². The van der Waals surface area contributed by atoms with Crippen LogP contribution in [0.25, 0.3) is 71.2 Å². The lowest BCUT2D eigenvalue weighted by Crippen LogP contribution is -1.90. The van der Waals surface area contributed by atoms with Crippen molar-refractivity contribution in [1.29, 1.82) is 0 Å². The predicted molar refractivity (Wildman–Crippen MR) is 125 cm³/mol. The number of furan rings is 2. The fourth-order valence-electron chi connectivity index (χ4n) is 5.15. The van der Waals surface area contributed by atoms with Gasteiger partial charge in [0.2, 0.25) is 0 Å². The molecule has 0 radical (unpaired) electrons. The molecule has 0 saturated heterocycles. The molecule has 4 aromatic carbocycles. The number of imidazole rings is 1. The van der Waals surface area contributed by atoms with Gasteiger partial charge in [-0.1, -0.05) is 42.5 Å². The highest BCUT2D eigenvalue weighted by atomic mass is 16.3. The third-order valence-corrected chi connectivity index (χ3v) is 6.46. The van der Waals surface area contributed by atoms with Crippen LogP contribution in [0.2, 0.25) is 0 Å². The van der Waals surface area contributed by atoms with E-state index in [-0.39, 0.29) is 0 Å². The summed E-state index contributed by atoms with van der Waals surface area (Å²) in [6, 6.07) is 25.0. The number of para-hydroxylation sites is 1. The Kier molecular flexibility index (Phi) is 2.62. The van der Waals surface area contributed by atoms with Gasteiger partial charge in [-0.05, 0) is 35.7 Å². The summed E-state index contributed by atoms with van der Waals surface area (Å²) < 4.78 is 15.0. The number of hydrogen-bond donors (Lipinski definition) is 0. The van der Waals surface area contributed by atoms with Gasteiger partial charge in [-0.25, -0.2) is 4.98 Å². The molecule has 0 bridgehead atoms. The normalized spacial score (nSPS) is 12.5. The minimum absolute atomic E-state index is 0.837. The van der Waals surface area contributed by atoms with Gasteiger partial charge in [-0.3, -0.25) is 4.40 Å². The molecule has 0 saturated carbocycles. The van der Waals surface area contributed by atoms with Gasteiger partial charge >= 0.3 is 0 Å². The maximum absolute atomic E-state index is 6.51. The van der Waals surface area contributed by atoms with Gasteiger partial charge in [0, 0.05) is 39.3 Å². The average Bonchev–Trinajstić information content (AvgIpc) is 3.53. The van der Waals surface area contributed by atoms with Crippen LogP contribution in [0.5, 0.6) is 0 Å². The maximum Gasteiger partial charge on any atom is 0.147 e. The van der Waals surface area contributed by atoms with Crippen molar-refractivity contribution in [3.63, 3.8) is 0 Å². The lowest BCUT2D eigenvalue weighted by Gasteiger charge is -2.08. The monoisotopic (exact) mass is 398 g/mol. The summed E-state index contributed by atoms with van der Waals surface area (Å²) in [4.78, 5) is 4.60. The van der Waals surface area contributed by atoms with Gasteiger partial charge in [0.25, 0.3) is 0 Å². The van der Waals surface area contributed by atoms with Gasteiger partial charge in [0.05, 0.1) is 10.9 Å². The molecule has 0 aliphatic carbocycles.